The number of piperidine rings is 1. The molecular formula is C29H32N4O. The second kappa shape index (κ2) is 10.1. The van der Waals surface area contributed by atoms with Crippen LogP contribution in [0, 0.1) is 18.3 Å². The molecule has 2 N–H and O–H groups in total. The molecule has 0 unspecified atom stereocenters. The molecule has 2 aromatic carbocycles. The van der Waals surface area contributed by atoms with E-state index in [2.05, 4.69) is 30.3 Å². The molecule has 2 fully saturated rings. The fourth-order valence-corrected chi connectivity index (χ4v) is 4.92. The quantitative estimate of drug-likeness (QED) is 0.354. The van der Waals surface area contributed by atoms with Gasteiger partial charge in [-0.25, -0.2) is 4.99 Å². The summed E-state index contributed by atoms with van der Waals surface area (Å²) in [6.45, 7) is 11.0. The fraction of sp³-hybridized carbons (Fsp3) is 0.345. The van der Waals surface area contributed by atoms with Crippen LogP contribution >= 0.6 is 0 Å². The monoisotopic (exact) mass is 452 g/mol. The van der Waals surface area contributed by atoms with Crippen molar-refractivity contribution in [2.75, 3.05) is 13.1 Å². The molecule has 0 aromatic heterocycles. The number of carbonyl (C=O) groups is 1. The molecule has 2 aromatic rings. The minimum atomic E-state index is 0.0486. The van der Waals surface area contributed by atoms with Crippen LogP contribution in [0.4, 0.5) is 0 Å². The standard InChI is InChI=1S/C29H32N4O/c1-4-20(3)32-28(31)27-17-25(19(2)16-26(27)24-6-5-7-24)29(34)33-14-12-23(13-15-33)22-10-8-21(18-30)9-11-22/h4,8-11,16-17,23-24H,1,3,5-7,12-15H2,2H3,(H2,31,32). The number of aliphatic imine (C=N–C) groups is 1. The van der Waals surface area contributed by atoms with Crippen molar-refractivity contribution in [3.63, 3.8) is 0 Å². The molecule has 4 rings (SSSR count). The Morgan fingerprint density at radius 2 is 1.79 bits per heavy atom. The minimum absolute atomic E-state index is 0.0486. The van der Waals surface area contributed by atoms with E-state index in [0.29, 0.717) is 47.6 Å². The lowest BCUT2D eigenvalue weighted by Crippen LogP contribution is -2.38. The lowest BCUT2D eigenvalue weighted by Gasteiger charge is -2.33. The van der Waals surface area contributed by atoms with Gasteiger partial charge in [-0.1, -0.05) is 37.8 Å². The maximum absolute atomic E-state index is 13.5. The van der Waals surface area contributed by atoms with Gasteiger partial charge in [-0.05, 0) is 85.4 Å². The zero-order valence-corrected chi connectivity index (χ0v) is 19.9. The maximum atomic E-state index is 13.5. The van der Waals surface area contributed by atoms with Gasteiger partial charge in [0.05, 0.1) is 17.3 Å². The Bertz CT molecular complexity index is 1170. The zero-order valence-electron chi connectivity index (χ0n) is 19.9. The van der Waals surface area contributed by atoms with Crippen molar-refractivity contribution >= 4 is 11.7 Å². The summed E-state index contributed by atoms with van der Waals surface area (Å²) < 4.78 is 0. The number of carbonyl (C=O) groups excluding carboxylic acids is 1. The first-order chi connectivity index (χ1) is 16.4. The summed E-state index contributed by atoms with van der Waals surface area (Å²) in [5.74, 6) is 1.31. The van der Waals surface area contributed by atoms with E-state index in [1.54, 1.807) is 6.08 Å². The number of rotatable bonds is 6. The van der Waals surface area contributed by atoms with Crippen LogP contribution in [0.2, 0.25) is 0 Å². The molecule has 0 bridgehead atoms. The first-order valence-electron chi connectivity index (χ1n) is 12.0. The van der Waals surface area contributed by atoms with E-state index < -0.39 is 0 Å². The number of nitrogens with zero attached hydrogens (tertiary/aromatic N) is 3. The summed E-state index contributed by atoms with van der Waals surface area (Å²) in [6, 6.07) is 14.1. The van der Waals surface area contributed by atoms with Crippen molar-refractivity contribution in [1.82, 2.24) is 4.90 Å². The highest BCUT2D eigenvalue weighted by molar-refractivity contribution is 6.04. The topological polar surface area (TPSA) is 82.5 Å². The Kier molecular flexibility index (Phi) is 6.98. The lowest BCUT2D eigenvalue weighted by molar-refractivity contribution is 0.0712. The van der Waals surface area contributed by atoms with Crippen LogP contribution in [0.3, 0.4) is 0 Å². The summed E-state index contributed by atoms with van der Waals surface area (Å²) in [6.07, 6.45) is 6.89. The number of hydrogen-bond donors (Lipinski definition) is 1. The molecule has 1 saturated carbocycles. The number of amidine groups is 1. The summed E-state index contributed by atoms with van der Waals surface area (Å²) in [7, 11) is 0. The SMILES string of the molecule is C=CC(=C)N=C(N)c1cc(C(=O)N2CCC(c3ccc(C#N)cc3)CC2)c(C)cc1C1CCC1. The van der Waals surface area contributed by atoms with Crippen LogP contribution in [0.25, 0.3) is 0 Å². The summed E-state index contributed by atoms with van der Waals surface area (Å²) in [4.78, 5) is 19.9. The molecule has 1 saturated heterocycles. The fourth-order valence-electron chi connectivity index (χ4n) is 4.92. The smallest absolute Gasteiger partial charge is 0.254 e. The highest BCUT2D eigenvalue weighted by Crippen LogP contribution is 2.39. The Hall–Kier alpha value is -3.65. The van der Waals surface area contributed by atoms with Crippen molar-refractivity contribution < 1.29 is 4.79 Å². The number of benzene rings is 2. The van der Waals surface area contributed by atoms with Crippen LogP contribution in [-0.2, 0) is 0 Å². The van der Waals surface area contributed by atoms with Gasteiger partial charge in [-0.15, -0.1) is 0 Å². The molecule has 1 aliphatic carbocycles. The predicted octanol–water partition coefficient (Wildman–Crippen LogP) is 5.56. The third-order valence-electron chi connectivity index (χ3n) is 7.24. The average Bonchev–Trinajstić information content (AvgIpc) is 2.82. The Morgan fingerprint density at radius 1 is 1.12 bits per heavy atom. The highest BCUT2D eigenvalue weighted by Gasteiger charge is 2.29. The zero-order chi connectivity index (χ0) is 24.2. The average molecular weight is 453 g/mol. The molecular weight excluding hydrogens is 420 g/mol. The molecule has 1 aliphatic heterocycles. The first-order valence-corrected chi connectivity index (χ1v) is 12.0. The number of likely N-dealkylation sites (tertiary alicyclic amines) is 1. The van der Waals surface area contributed by atoms with Crippen LogP contribution in [0.5, 0.6) is 0 Å². The van der Waals surface area contributed by atoms with E-state index in [-0.39, 0.29) is 5.91 Å². The Morgan fingerprint density at radius 3 is 2.35 bits per heavy atom. The molecule has 5 nitrogen and oxygen atoms in total. The molecule has 1 heterocycles. The van der Waals surface area contributed by atoms with Gasteiger partial charge < -0.3 is 10.6 Å². The second-order valence-corrected chi connectivity index (χ2v) is 9.37. The van der Waals surface area contributed by atoms with Gasteiger partial charge in [0, 0.05) is 24.2 Å². The van der Waals surface area contributed by atoms with Gasteiger partial charge in [0.15, 0.2) is 0 Å². The lowest BCUT2D eigenvalue weighted by atomic mass is 9.77. The van der Waals surface area contributed by atoms with Crippen molar-refractivity contribution in [2.45, 2.75) is 50.9 Å². The van der Waals surface area contributed by atoms with Crippen LogP contribution in [0.15, 0.2) is 66.3 Å². The van der Waals surface area contributed by atoms with Crippen molar-refractivity contribution in [1.29, 1.82) is 5.26 Å². The number of amides is 1. The molecule has 0 radical (unpaired) electrons. The van der Waals surface area contributed by atoms with E-state index >= 15 is 0 Å². The van der Waals surface area contributed by atoms with Gasteiger partial charge in [-0.3, -0.25) is 4.79 Å². The normalized spacial score (nSPS) is 17.1. The largest absolute Gasteiger partial charge is 0.383 e. The van der Waals surface area contributed by atoms with Gasteiger partial charge in [0.25, 0.3) is 5.91 Å². The summed E-state index contributed by atoms with van der Waals surface area (Å²) >= 11 is 0. The Balaban J connectivity index is 1.55. The van der Waals surface area contributed by atoms with E-state index in [1.165, 1.54) is 17.5 Å². The third kappa shape index (κ3) is 4.82. The molecule has 5 heteroatoms. The van der Waals surface area contributed by atoms with E-state index in [4.69, 9.17) is 11.0 Å². The highest BCUT2D eigenvalue weighted by atomic mass is 16.2. The van der Waals surface area contributed by atoms with E-state index in [0.717, 1.165) is 36.8 Å². The van der Waals surface area contributed by atoms with E-state index in [9.17, 15) is 4.79 Å². The van der Waals surface area contributed by atoms with Crippen LogP contribution in [-0.4, -0.2) is 29.7 Å². The molecule has 34 heavy (non-hydrogen) atoms. The predicted molar refractivity (Wildman–Crippen MR) is 137 cm³/mol. The van der Waals surface area contributed by atoms with Gasteiger partial charge in [0.2, 0.25) is 0 Å². The third-order valence-corrected chi connectivity index (χ3v) is 7.24. The number of hydrogen-bond acceptors (Lipinski definition) is 3. The van der Waals surface area contributed by atoms with Gasteiger partial charge in [-0.2, -0.15) is 5.26 Å². The number of allylic oxidation sites excluding steroid dienone is 1. The molecule has 1 amide bonds. The van der Waals surface area contributed by atoms with Crippen LogP contribution in [0.1, 0.15) is 82.1 Å². The van der Waals surface area contributed by atoms with Crippen molar-refractivity contribution in [3.05, 3.63) is 94.7 Å². The first kappa shape index (κ1) is 23.5. The molecule has 2 aliphatic rings. The van der Waals surface area contributed by atoms with E-state index in [1.807, 2.05) is 42.2 Å². The Labute approximate surface area is 202 Å². The van der Waals surface area contributed by atoms with Crippen molar-refractivity contribution in [2.24, 2.45) is 10.7 Å². The summed E-state index contributed by atoms with van der Waals surface area (Å²) in [5.41, 5.74) is 12.5. The minimum Gasteiger partial charge on any atom is -0.383 e. The van der Waals surface area contributed by atoms with Gasteiger partial charge >= 0.3 is 0 Å². The molecule has 0 atom stereocenters. The summed E-state index contributed by atoms with van der Waals surface area (Å²) in [5, 5.41) is 9.02. The second-order valence-electron chi connectivity index (χ2n) is 9.37. The maximum Gasteiger partial charge on any atom is 0.254 e. The molecule has 0 spiro atoms. The number of nitriles is 1. The molecule has 174 valence electrons. The van der Waals surface area contributed by atoms with Crippen LogP contribution < -0.4 is 5.73 Å². The number of aryl methyl sites for hydroxylation is 1. The number of nitrogens with two attached hydrogens (primary N) is 1. The van der Waals surface area contributed by atoms with Gasteiger partial charge in [0.1, 0.15) is 5.84 Å². The van der Waals surface area contributed by atoms with Crippen molar-refractivity contribution in [3.8, 4) is 6.07 Å².